The molecule has 0 radical (unpaired) electrons. The fourth-order valence-corrected chi connectivity index (χ4v) is 5.18. The van der Waals surface area contributed by atoms with Crippen LogP contribution in [0.4, 0.5) is 0 Å². The van der Waals surface area contributed by atoms with Gasteiger partial charge in [-0.2, -0.15) is 0 Å². The molecule has 0 fully saturated rings. The number of ether oxygens (including phenoxy) is 2. The zero-order chi connectivity index (χ0) is 37.7. The van der Waals surface area contributed by atoms with Crippen molar-refractivity contribution in [1.82, 2.24) is 0 Å². The highest BCUT2D eigenvalue weighted by Crippen LogP contribution is 2.35. The van der Waals surface area contributed by atoms with E-state index < -0.39 is 32.5 Å². The number of phosphoric ester groups is 1. The van der Waals surface area contributed by atoms with Crippen LogP contribution in [-0.2, 0) is 28.2 Å². The Hall–Kier alpha value is -2.55. The number of allylic oxidation sites excluding steroid dienone is 11. The van der Waals surface area contributed by atoms with Crippen LogP contribution < -0.4 is 0 Å². The average molecular weight is 737 g/mol. The van der Waals surface area contributed by atoms with E-state index in [9.17, 15) is 19.3 Å². The lowest BCUT2D eigenvalue weighted by atomic mass is 10.1. The minimum Gasteiger partial charge on any atom is -0.462 e. The van der Waals surface area contributed by atoms with Crippen LogP contribution in [0.2, 0.25) is 0 Å². The van der Waals surface area contributed by atoms with Crippen LogP contribution in [0.15, 0.2) is 72.9 Å². The highest BCUT2D eigenvalue weighted by Gasteiger charge is 2.22. The first-order valence-electron chi connectivity index (χ1n) is 19.3. The lowest BCUT2D eigenvalue weighted by Crippen LogP contribution is -2.29. The molecule has 10 heteroatoms. The highest BCUT2D eigenvalue weighted by molar-refractivity contribution is 7.46. The molecule has 0 aromatic heterocycles. The number of rotatable bonds is 34. The smallest absolute Gasteiger partial charge is 0.462 e. The molecule has 0 saturated carbocycles. The van der Waals surface area contributed by atoms with Crippen LogP contribution in [-0.4, -0.2) is 52.3 Å². The second-order valence-electron chi connectivity index (χ2n) is 12.7. The van der Waals surface area contributed by atoms with Gasteiger partial charge in [-0.05, 0) is 77.0 Å². The van der Waals surface area contributed by atoms with E-state index in [1.54, 1.807) is 0 Å². The number of esters is 2. The summed E-state index contributed by atoms with van der Waals surface area (Å²) in [6.45, 7) is 3.42. The maximum atomic E-state index is 12.4. The molecule has 0 aliphatic heterocycles. The number of phosphoric acid groups is 1. The van der Waals surface area contributed by atoms with Crippen molar-refractivity contribution in [2.75, 3.05) is 13.2 Å². The summed E-state index contributed by atoms with van der Waals surface area (Å²) in [5.74, 6) is -0.997. The van der Waals surface area contributed by atoms with E-state index >= 15 is 0 Å². The van der Waals surface area contributed by atoms with E-state index in [-0.39, 0.29) is 25.6 Å². The molecule has 9 nitrogen and oxygen atoms in total. The van der Waals surface area contributed by atoms with Gasteiger partial charge in [0.15, 0.2) is 6.10 Å². The molecule has 0 saturated heterocycles. The molecule has 292 valence electrons. The summed E-state index contributed by atoms with van der Waals surface area (Å²) in [6.07, 6.45) is 42.4. The van der Waals surface area contributed by atoms with Crippen LogP contribution in [0.1, 0.15) is 149 Å². The van der Waals surface area contributed by atoms with Gasteiger partial charge in [-0.15, -0.1) is 0 Å². The van der Waals surface area contributed by atoms with E-state index in [2.05, 4.69) is 67.0 Å². The largest absolute Gasteiger partial charge is 0.469 e. The molecule has 0 rings (SSSR count). The third-order valence-electron chi connectivity index (χ3n) is 7.77. The summed E-state index contributed by atoms with van der Waals surface area (Å²) in [7, 11) is -4.78. The number of carbonyl (C=O) groups excluding carboxylic acids is 2. The second kappa shape index (κ2) is 35.8. The van der Waals surface area contributed by atoms with Gasteiger partial charge in [0, 0.05) is 12.8 Å². The van der Waals surface area contributed by atoms with Gasteiger partial charge in [-0.25, -0.2) is 4.57 Å². The Labute approximate surface area is 309 Å². The summed E-state index contributed by atoms with van der Waals surface area (Å²) < 4.78 is 26.2. The van der Waals surface area contributed by atoms with Crippen molar-refractivity contribution in [2.24, 2.45) is 0 Å². The van der Waals surface area contributed by atoms with Crippen LogP contribution in [0.5, 0.6) is 0 Å². The molecule has 0 aliphatic rings. The van der Waals surface area contributed by atoms with E-state index in [1.807, 2.05) is 24.3 Å². The van der Waals surface area contributed by atoms with Crippen molar-refractivity contribution in [3.05, 3.63) is 72.9 Å². The van der Waals surface area contributed by atoms with Gasteiger partial charge in [0.2, 0.25) is 0 Å². The first kappa shape index (κ1) is 48.5. The van der Waals surface area contributed by atoms with Crippen molar-refractivity contribution in [1.29, 1.82) is 0 Å². The number of carbonyl (C=O) groups is 2. The number of hydrogen-bond acceptors (Lipinski definition) is 7. The van der Waals surface area contributed by atoms with Crippen molar-refractivity contribution < 1.29 is 43.0 Å². The minimum absolute atomic E-state index is 0.112. The minimum atomic E-state index is -4.78. The first-order chi connectivity index (χ1) is 24.7. The maximum absolute atomic E-state index is 12.4. The lowest BCUT2D eigenvalue weighted by Gasteiger charge is -2.18. The summed E-state index contributed by atoms with van der Waals surface area (Å²) >= 11 is 0. The van der Waals surface area contributed by atoms with Gasteiger partial charge in [-0.1, -0.05) is 132 Å². The van der Waals surface area contributed by atoms with E-state index in [0.717, 1.165) is 77.0 Å². The molecule has 51 heavy (non-hydrogen) atoms. The molecule has 0 aliphatic carbocycles. The zero-order valence-electron chi connectivity index (χ0n) is 31.6. The zero-order valence-corrected chi connectivity index (χ0v) is 32.5. The fraction of sp³-hybridized carbons (Fsp3) is 0.659. The molecule has 0 aromatic rings. The molecule has 0 heterocycles. The van der Waals surface area contributed by atoms with Crippen molar-refractivity contribution in [3.8, 4) is 0 Å². The summed E-state index contributed by atoms with van der Waals surface area (Å²) in [5.41, 5.74) is 0. The number of unbranched alkanes of at least 4 members (excludes halogenated alkanes) is 10. The van der Waals surface area contributed by atoms with Gasteiger partial charge in [-0.3, -0.25) is 14.1 Å². The second-order valence-corrected chi connectivity index (χ2v) is 14.0. The van der Waals surface area contributed by atoms with E-state index in [0.29, 0.717) is 19.3 Å². The van der Waals surface area contributed by atoms with Gasteiger partial charge in [0.25, 0.3) is 0 Å². The Kier molecular flexibility index (Phi) is 34.0. The fourth-order valence-electron chi connectivity index (χ4n) is 4.82. The normalized spacial score (nSPS) is 13.9. The molecule has 0 unspecified atom stereocenters. The van der Waals surface area contributed by atoms with Crippen LogP contribution in [0.3, 0.4) is 0 Å². The maximum Gasteiger partial charge on any atom is 0.469 e. The molecular formula is C41H69O9P. The summed E-state index contributed by atoms with van der Waals surface area (Å²) in [6, 6.07) is 0. The van der Waals surface area contributed by atoms with Gasteiger partial charge in [0.1, 0.15) is 6.61 Å². The molecular weight excluding hydrogens is 667 g/mol. The molecule has 3 N–H and O–H groups in total. The molecule has 0 spiro atoms. The third-order valence-corrected chi connectivity index (χ3v) is 8.25. The summed E-state index contributed by atoms with van der Waals surface area (Å²) in [4.78, 5) is 42.7. The lowest BCUT2D eigenvalue weighted by molar-refractivity contribution is -0.161. The molecule has 0 amide bonds. The number of aliphatic hydroxyl groups excluding tert-OH is 1. The predicted octanol–water partition coefficient (Wildman–Crippen LogP) is 10.5. The predicted molar refractivity (Wildman–Crippen MR) is 208 cm³/mol. The Morgan fingerprint density at radius 1 is 0.588 bits per heavy atom. The monoisotopic (exact) mass is 736 g/mol. The standard InChI is InChI=1S/C41H69O9P/c1-3-5-7-8-9-10-11-12-13-14-18-21-24-27-30-34-40(43)48-36-39(37-49-51(45,46)47)50-41(44)35-31-28-25-22-19-16-15-17-20-23-26-29-33-38(42)32-6-4-2/h9-10,12-13,15-16,20,22-23,25,29,33,38-39,42H,3-8,11,14,17-19,21,24,26-28,30-32,34-37H2,1-2H3,(H2,45,46,47)/b10-9-,13-12-,16-15-,23-20-,25-22-,33-29-/t38-,39-/m1/s1. The molecule has 2 atom stereocenters. The van der Waals surface area contributed by atoms with Crippen molar-refractivity contribution in [2.45, 2.75) is 161 Å². The Morgan fingerprint density at radius 2 is 1.08 bits per heavy atom. The van der Waals surface area contributed by atoms with E-state index in [4.69, 9.17) is 19.3 Å². The average Bonchev–Trinajstić information content (AvgIpc) is 3.09. The van der Waals surface area contributed by atoms with Crippen LogP contribution >= 0.6 is 7.82 Å². The topological polar surface area (TPSA) is 140 Å². The Bertz CT molecular complexity index is 1070. The molecule has 0 bridgehead atoms. The van der Waals surface area contributed by atoms with Gasteiger partial charge < -0.3 is 24.4 Å². The SMILES string of the molecule is CCCCC/C=C\C/C=C\CCCCCCCC(=O)OC[C@H](COP(=O)(O)O)OC(=O)CCC/C=C\C/C=C\C/C=C\C/C=C\[C@H](O)CCCC. The Balaban J connectivity index is 4.14. The van der Waals surface area contributed by atoms with Gasteiger partial charge in [0.05, 0.1) is 12.7 Å². The first-order valence-corrected chi connectivity index (χ1v) is 20.9. The van der Waals surface area contributed by atoms with Crippen molar-refractivity contribution in [3.63, 3.8) is 0 Å². The van der Waals surface area contributed by atoms with E-state index in [1.165, 1.54) is 25.7 Å². The van der Waals surface area contributed by atoms with Crippen LogP contribution in [0.25, 0.3) is 0 Å². The highest BCUT2D eigenvalue weighted by atomic mass is 31.2. The van der Waals surface area contributed by atoms with Gasteiger partial charge >= 0.3 is 19.8 Å². The quantitative estimate of drug-likeness (QED) is 0.0255. The third kappa shape index (κ3) is 38.5. The number of hydrogen-bond donors (Lipinski definition) is 3. The molecule has 0 aromatic carbocycles. The Morgan fingerprint density at radius 3 is 1.67 bits per heavy atom. The van der Waals surface area contributed by atoms with Crippen LogP contribution in [0, 0.1) is 0 Å². The summed E-state index contributed by atoms with van der Waals surface area (Å²) in [5, 5.41) is 9.78. The number of aliphatic hydroxyl groups is 1. The van der Waals surface area contributed by atoms with Crippen molar-refractivity contribution >= 4 is 19.8 Å².